The molecule has 0 aliphatic rings. The molecule has 0 saturated carbocycles. The molecule has 0 atom stereocenters. The molecule has 190 valence electrons. The standard InChI is InChI=1S/C27H36N2O6/c1-20(2)9-6-10-21(3)11-7-12-22(4)13-8-14-23(5)15-16-35-27(30)24-17-25(28(31)32)19-26(18-24)29(33)34/h9,11,13,15,17-19H,6-8,10,12,14,16H2,1-5H3. The van der Waals surface area contributed by atoms with Crippen molar-refractivity contribution in [2.75, 3.05) is 6.61 Å². The van der Waals surface area contributed by atoms with Gasteiger partial charge in [-0.1, -0.05) is 40.5 Å². The lowest BCUT2D eigenvalue weighted by Crippen LogP contribution is -2.07. The number of nitrogens with zero attached hydrogens (tertiary/aromatic N) is 2. The van der Waals surface area contributed by atoms with Crippen molar-refractivity contribution in [1.82, 2.24) is 0 Å². The second kappa shape index (κ2) is 15.4. The van der Waals surface area contributed by atoms with Crippen molar-refractivity contribution in [2.45, 2.75) is 73.1 Å². The van der Waals surface area contributed by atoms with Crippen LogP contribution in [0.25, 0.3) is 0 Å². The Morgan fingerprint density at radius 1 is 0.743 bits per heavy atom. The summed E-state index contributed by atoms with van der Waals surface area (Å²) in [5.41, 5.74) is 3.86. The Morgan fingerprint density at radius 2 is 1.17 bits per heavy atom. The summed E-state index contributed by atoms with van der Waals surface area (Å²) in [6.45, 7) is 10.5. The fourth-order valence-electron chi connectivity index (χ4n) is 3.25. The number of allylic oxidation sites excluding steroid dienone is 7. The van der Waals surface area contributed by atoms with E-state index in [-0.39, 0.29) is 12.2 Å². The van der Waals surface area contributed by atoms with Crippen molar-refractivity contribution in [3.8, 4) is 0 Å². The number of carbonyl (C=O) groups excluding carboxylic acids is 1. The van der Waals surface area contributed by atoms with Gasteiger partial charge < -0.3 is 4.74 Å². The zero-order chi connectivity index (χ0) is 26.4. The fraction of sp³-hybridized carbons (Fsp3) is 0.444. The second-order valence-electron chi connectivity index (χ2n) is 8.90. The minimum Gasteiger partial charge on any atom is -0.458 e. The normalized spacial score (nSPS) is 12.3. The molecule has 0 bridgehead atoms. The summed E-state index contributed by atoms with van der Waals surface area (Å²) in [4.78, 5) is 32.6. The number of benzene rings is 1. The Kier molecular flexibility index (Phi) is 12.9. The van der Waals surface area contributed by atoms with E-state index in [1.54, 1.807) is 6.08 Å². The lowest BCUT2D eigenvalue weighted by Gasteiger charge is -2.04. The monoisotopic (exact) mass is 484 g/mol. The molecule has 1 rings (SSSR count). The van der Waals surface area contributed by atoms with Gasteiger partial charge in [-0.15, -0.1) is 0 Å². The third-order valence-corrected chi connectivity index (χ3v) is 5.36. The molecular weight excluding hydrogens is 448 g/mol. The first-order valence-electron chi connectivity index (χ1n) is 11.7. The van der Waals surface area contributed by atoms with Crippen molar-refractivity contribution in [3.05, 3.63) is 90.6 Å². The maximum absolute atomic E-state index is 12.2. The number of ether oxygens (including phenoxy) is 1. The molecule has 1 aromatic carbocycles. The van der Waals surface area contributed by atoms with Gasteiger partial charge in [-0.3, -0.25) is 20.2 Å². The summed E-state index contributed by atoms with van der Waals surface area (Å²) < 4.78 is 5.13. The predicted octanol–water partition coefficient (Wildman–Crippen LogP) is 7.81. The molecule has 0 saturated heterocycles. The highest BCUT2D eigenvalue weighted by atomic mass is 16.6. The van der Waals surface area contributed by atoms with E-state index < -0.39 is 27.2 Å². The minimum atomic E-state index is -0.846. The third kappa shape index (κ3) is 12.5. The largest absolute Gasteiger partial charge is 0.458 e. The Hall–Kier alpha value is -3.55. The lowest BCUT2D eigenvalue weighted by molar-refractivity contribution is -0.394. The number of esters is 1. The van der Waals surface area contributed by atoms with Gasteiger partial charge in [-0.2, -0.15) is 0 Å². The minimum absolute atomic E-state index is 0.0132. The van der Waals surface area contributed by atoms with Crippen LogP contribution >= 0.6 is 0 Å². The summed E-state index contributed by atoms with van der Waals surface area (Å²) in [7, 11) is 0. The van der Waals surface area contributed by atoms with Crippen LogP contribution in [0.5, 0.6) is 0 Å². The van der Waals surface area contributed by atoms with Gasteiger partial charge in [-0.05, 0) is 79.2 Å². The van der Waals surface area contributed by atoms with Gasteiger partial charge in [-0.25, -0.2) is 4.79 Å². The quantitative estimate of drug-likeness (QED) is 0.115. The first-order chi connectivity index (χ1) is 16.5. The first-order valence-corrected chi connectivity index (χ1v) is 11.7. The van der Waals surface area contributed by atoms with Crippen LogP contribution in [0.4, 0.5) is 11.4 Å². The van der Waals surface area contributed by atoms with Crippen LogP contribution in [0, 0.1) is 20.2 Å². The molecule has 0 aliphatic heterocycles. The van der Waals surface area contributed by atoms with Crippen LogP contribution in [0.15, 0.2) is 64.8 Å². The van der Waals surface area contributed by atoms with Crippen molar-refractivity contribution in [3.63, 3.8) is 0 Å². The molecule has 0 fully saturated rings. The number of non-ortho nitro benzene ring substituents is 2. The zero-order valence-electron chi connectivity index (χ0n) is 21.3. The van der Waals surface area contributed by atoms with Crippen molar-refractivity contribution in [1.29, 1.82) is 0 Å². The molecule has 0 heterocycles. The van der Waals surface area contributed by atoms with Crippen molar-refractivity contribution >= 4 is 17.3 Å². The van der Waals surface area contributed by atoms with Gasteiger partial charge in [0, 0.05) is 12.1 Å². The van der Waals surface area contributed by atoms with Gasteiger partial charge in [0.15, 0.2) is 0 Å². The summed E-state index contributed by atoms with van der Waals surface area (Å²) in [5.74, 6) is -0.846. The molecule has 0 amide bonds. The van der Waals surface area contributed by atoms with Crippen LogP contribution in [-0.2, 0) is 4.74 Å². The van der Waals surface area contributed by atoms with E-state index >= 15 is 0 Å². The van der Waals surface area contributed by atoms with Gasteiger partial charge in [0.05, 0.1) is 21.5 Å². The molecule has 0 unspecified atom stereocenters. The van der Waals surface area contributed by atoms with E-state index in [0.29, 0.717) is 0 Å². The van der Waals surface area contributed by atoms with E-state index in [9.17, 15) is 25.0 Å². The predicted molar refractivity (Wildman–Crippen MR) is 138 cm³/mol. The summed E-state index contributed by atoms with van der Waals surface area (Å²) in [5, 5.41) is 21.9. The van der Waals surface area contributed by atoms with Crippen molar-refractivity contribution in [2.24, 2.45) is 0 Å². The number of nitro benzene ring substituents is 2. The highest BCUT2D eigenvalue weighted by molar-refractivity contribution is 5.91. The van der Waals surface area contributed by atoms with Gasteiger partial charge in [0.25, 0.3) is 11.4 Å². The number of hydrogen-bond acceptors (Lipinski definition) is 6. The number of rotatable bonds is 14. The zero-order valence-corrected chi connectivity index (χ0v) is 21.3. The van der Waals surface area contributed by atoms with E-state index in [2.05, 4.69) is 45.9 Å². The summed E-state index contributed by atoms with van der Waals surface area (Å²) in [6, 6.07) is 2.75. The maximum atomic E-state index is 12.2. The van der Waals surface area contributed by atoms with Gasteiger partial charge in [0.2, 0.25) is 0 Å². The number of hydrogen-bond donors (Lipinski definition) is 0. The second-order valence-corrected chi connectivity index (χ2v) is 8.90. The van der Waals surface area contributed by atoms with Crippen molar-refractivity contribution < 1.29 is 19.4 Å². The Bertz CT molecular complexity index is 998. The average molecular weight is 485 g/mol. The van der Waals surface area contributed by atoms with E-state index in [4.69, 9.17) is 4.74 Å². The molecule has 1 aromatic rings. The molecule has 8 heteroatoms. The molecule has 0 aromatic heterocycles. The van der Waals surface area contributed by atoms with Gasteiger partial charge >= 0.3 is 5.97 Å². The highest BCUT2D eigenvalue weighted by Crippen LogP contribution is 2.23. The molecule has 8 nitrogen and oxygen atoms in total. The van der Waals surface area contributed by atoms with Crippen LogP contribution in [0.1, 0.15) is 83.5 Å². The van der Waals surface area contributed by atoms with Crippen LogP contribution < -0.4 is 0 Å². The molecule has 0 N–H and O–H groups in total. The molecule has 0 spiro atoms. The lowest BCUT2D eigenvalue weighted by atomic mass is 10.0. The number of carbonyl (C=O) groups is 1. The average Bonchev–Trinajstić information content (AvgIpc) is 2.78. The Morgan fingerprint density at radius 3 is 1.60 bits per heavy atom. The van der Waals surface area contributed by atoms with Crippen LogP contribution in [0.3, 0.4) is 0 Å². The van der Waals surface area contributed by atoms with Crippen LogP contribution in [-0.4, -0.2) is 22.4 Å². The maximum Gasteiger partial charge on any atom is 0.338 e. The summed E-state index contributed by atoms with van der Waals surface area (Å²) in [6.07, 6.45) is 14.5. The molecule has 0 radical (unpaired) electrons. The van der Waals surface area contributed by atoms with Crippen LogP contribution in [0.2, 0.25) is 0 Å². The smallest absolute Gasteiger partial charge is 0.338 e. The Balaban J connectivity index is 2.48. The van der Waals surface area contributed by atoms with E-state index in [1.807, 2.05) is 6.92 Å². The van der Waals surface area contributed by atoms with E-state index in [0.717, 1.165) is 62.3 Å². The fourth-order valence-corrected chi connectivity index (χ4v) is 3.25. The van der Waals surface area contributed by atoms with E-state index in [1.165, 1.54) is 16.7 Å². The number of nitro groups is 2. The molecular formula is C27H36N2O6. The Labute approximate surface area is 207 Å². The van der Waals surface area contributed by atoms with Gasteiger partial charge in [0.1, 0.15) is 6.61 Å². The highest BCUT2D eigenvalue weighted by Gasteiger charge is 2.20. The summed E-state index contributed by atoms with van der Waals surface area (Å²) >= 11 is 0. The first kappa shape index (κ1) is 29.5. The third-order valence-electron chi connectivity index (χ3n) is 5.36. The topological polar surface area (TPSA) is 113 Å². The molecule has 35 heavy (non-hydrogen) atoms. The molecule has 0 aliphatic carbocycles. The SMILES string of the molecule is CC(C)=CCCC(C)=CCCC(C)=CCCC(C)=CCOC(=O)c1cc([N+](=O)[O-])cc([N+](=O)[O-])c1.